The van der Waals surface area contributed by atoms with Gasteiger partial charge >= 0.3 is 5.97 Å². The Hall–Kier alpha value is -1.35. The van der Waals surface area contributed by atoms with Crippen molar-refractivity contribution < 1.29 is 14.6 Å². The van der Waals surface area contributed by atoms with Crippen molar-refractivity contribution in [2.45, 2.75) is 38.9 Å². The molecular weight excluding hydrogens is 216 g/mol. The second-order valence-corrected chi connectivity index (χ2v) is 5.19. The molecule has 3 nitrogen and oxygen atoms in total. The average Bonchev–Trinajstić information content (AvgIpc) is 3.07. The molecule has 0 heterocycles. The van der Waals surface area contributed by atoms with Crippen LogP contribution in [0.2, 0.25) is 0 Å². The second kappa shape index (κ2) is 4.15. The first-order valence-corrected chi connectivity index (χ1v) is 5.89. The van der Waals surface area contributed by atoms with E-state index in [-0.39, 0.29) is 12.0 Å². The maximum Gasteiger partial charge on any atom is 0.338 e. The van der Waals surface area contributed by atoms with Gasteiger partial charge in [-0.1, -0.05) is 37.3 Å². The molecule has 1 N–H and O–H groups in total. The lowest BCUT2D eigenvalue weighted by atomic mass is 9.88. The summed E-state index contributed by atoms with van der Waals surface area (Å²) in [4.78, 5) is 11.9. The van der Waals surface area contributed by atoms with Gasteiger partial charge < -0.3 is 9.84 Å². The summed E-state index contributed by atoms with van der Waals surface area (Å²) in [7, 11) is 0. The van der Waals surface area contributed by atoms with E-state index in [2.05, 4.69) is 0 Å². The number of esters is 1. The molecule has 0 amide bonds. The normalized spacial score (nSPS) is 20.4. The van der Waals surface area contributed by atoms with Crippen molar-refractivity contribution in [2.24, 2.45) is 5.41 Å². The van der Waals surface area contributed by atoms with Crippen LogP contribution in [0.1, 0.15) is 32.3 Å². The number of aliphatic hydroxyl groups is 1. The SMILES string of the molecule is CC1([C@@](C)(O)C(=O)OCc2ccccc2)CC1. The van der Waals surface area contributed by atoms with Gasteiger partial charge in [0.2, 0.25) is 0 Å². The van der Waals surface area contributed by atoms with Gasteiger partial charge in [0, 0.05) is 5.41 Å². The second-order valence-electron chi connectivity index (χ2n) is 5.19. The molecule has 0 aliphatic heterocycles. The fourth-order valence-corrected chi connectivity index (χ4v) is 1.78. The van der Waals surface area contributed by atoms with Gasteiger partial charge in [0.25, 0.3) is 0 Å². The van der Waals surface area contributed by atoms with Gasteiger partial charge in [-0.25, -0.2) is 4.79 Å². The minimum Gasteiger partial charge on any atom is -0.459 e. The van der Waals surface area contributed by atoms with Crippen LogP contribution in [0.4, 0.5) is 0 Å². The van der Waals surface area contributed by atoms with E-state index in [0.29, 0.717) is 0 Å². The highest BCUT2D eigenvalue weighted by Crippen LogP contribution is 2.53. The summed E-state index contributed by atoms with van der Waals surface area (Å²) in [5.74, 6) is -0.527. The maximum absolute atomic E-state index is 11.9. The van der Waals surface area contributed by atoms with Crippen LogP contribution < -0.4 is 0 Å². The van der Waals surface area contributed by atoms with E-state index >= 15 is 0 Å². The highest BCUT2D eigenvalue weighted by Gasteiger charge is 2.57. The van der Waals surface area contributed by atoms with Crippen molar-refractivity contribution in [3.05, 3.63) is 35.9 Å². The van der Waals surface area contributed by atoms with Gasteiger partial charge in [0.15, 0.2) is 5.60 Å². The van der Waals surface area contributed by atoms with Crippen molar-refractivity contribution in [3.63, 3.8) is 0 Å². The van der Waals surface area contributed by atoms with Crippen LogP contribution in [0, 0.1) is 5.41 Å². The Bertz CT molecular complexity index is 405. The molecule has 1 atom stereocenters. The summed E-state index contributed by atoms with van der Waals surface area (Å²) in [6.45, 7) is 3.68. The van der Waals surface area contributed by atoms with Crippen LogP contribution >= 0.6 is 0 Å². The third-order valence-corrected chi connectivity index (χ3v) is 3.79. The van der Waals surface area contributed by atoms with E-state index in [9.17, 15) is 9.90 Å². The quantitative estimate of drug-likeness (QED) is 0.813. The molecule has 1 aromatic rings. The Morgan fingerprint density at radius 1 is 1.41 bits per heavy atom. The molecular formula is C14H18O3. The Morgan fingerprint density at radius 2 is 2.00 bits per heavy atom. The van der Waals surface area contributed by atoms with Crippen molar-refractivity contribution in [1.82, 2.24) is 0 Å². The molecule has 0 saturated heterocycles. The zero-order valence-electron chi connectivity index (χ0n) is 10.3. The highest BCUT2D eigenvalue weighted by atomic mass is 16.5. The van der Waals surface area contributed by atoms with Crippen LogP contribution in [0.5, 0.6) is 0 Å². The zero-order chi connectivity index (χ0) is 12.5. The van der Waals surface area contributed by atoms with Crippen molar-refractivity contribution in [3.8, 4) is 0 Å². The molecule has 1 aromatic carbocycles. The minimum atomic E-state index is -1.37. The smallest absolute Gasteiger partial charge is 0.338 e. The van der Waals surface area contributed by atoms with Gasteiger partial charge in [-0.2, -0.15) is 0 Å². The van der Waals surface area contributed by atoms with Gasteiger partial charge in [-0.05, 0) is 25.3 Å². The van der Waals surface area contributed by atoms with E-state index in [1.54, 1.807) is 6.92 Å². The molecule has 0 radical (unpaired) electrons. The first-order chi connectivity index (χ1) is 7.96. The first kappa shape index (κ1) is 12.1. The Balaban J connectivity index is 1.94. The third kappa shape index (κ3) is 2.34. The van der Waals surface area contributed by atoms with Gasteiger partial charge in [0.05, 0.1) is 0 Å². The number of benzene rings is 1. The molecule has 92 valence electrons. The van der Waals surface area contributed by atoms with Gasteiger partial charge in [-0.15, -0.1) is 0 Å². The largest absolute Gasteiger partial charge is 0.459 e. The molecule has 0 bridgehead atoms. The van der Waals surface area contributed by atoms with E-state index in [1.807, 2.05) is 37.3 Å². The Labute approximate surface area is 101 Å². The molecule has 0 aromatic heterocycles. The van der Waals surface area contributed by atoms with E-state index in [4.69, 9.17) is 4.74 Å². The molecule has 0 unspecified atom stereocenters. The molecule has 1 saturated carbocycles. The Kier molecular flexibility index (Phi) is 2.96. The lowest BCUT2D eigenvalue weighted by molar-refractivity contribution is -0.172. The molecule has 0 spiro atoms. The van der Waals surface area contributed by atoms with Crippen LogP contribution in [-0.4, -0.2) is 16.7 Å². The molecule has 3 heteroatoms. The van der Waals surface area contributed by atoms with Crippen LogP contribution in [0.15, 0.2) is 30.3 Å². The standard InChI is InChI=1S/C14H18O3/c1-13(8-9-13)14(2,16)12(15)17-10-11-6-4-3-5-7-11/h3-7,16H,8-10H2,1-2H3/t14-/m0/s1. The van der Waals surface area contributed by atoms with Crippen LogP contribution in [-0.2, 0) is 16.1 Å². The highest BCUT2D eigenvalue weighted by molar-refractivity contribution is 5.80. The van der Waals surface area contributed by atoms with Gasteiger partial charge in [0.1, 0.15) is 6.61 Å². The van der Waals surface area contributed by atoms with Crippen molar-refractivity contribution >= 4 is 5.97 Å². The van der Waals surface area contributed by atoms with Crippen molar-refractivity contribution in [1.29, 1.82) is 0 Å². The summed E-state index contributed by atoms with van der Waals surface area (Å²) in [5.41, 5.74) is -0.750. The summed E-state index contributed by atoms with van der Waals surface area (Å²) in [6, 6.07) is 9.47. The Morgan fingerprint density at radius 3 is 2.53 bits per heavy atom. The van der Waals surface area contributed by atoms with Crippen molar-refractivity contribution in [2.75, 3.05) is 0 Å². The molecule has 1 aliphatic rings. The lowest BCUT2D eigenvalue weighted by Gasteiger charge is -2.27. The van der Waals surface area contributed by atoms with Gasteiger partial charge in [-0.3, -0.25) is 0 Å². The fraction of sp³-hybridized carbons (Fsp3) is 0.500. The molecule has 1 aliphatic carbocycles. The van der Waals surface area contributed by atoms with E-state index in [1.165, 1.54) is 0 Å². The predicted molar refractivity (Wildman–Crippen MR) is 64.2 cm³/mol. The van der Waals surface area contributed by atoms with E-state index < -0.39 is 11.6 Å². The lowest BCUT2D eigenvalue weighted by Crippen LogP contribution is -2.44. The summed E-state index contributed by atoms with van der Waals surface area (Å²) >= 11 is 0. The van der Waals surface area contributed by atoms with E-state index in [0.717, 1.165) is 18.4 Å². The number of hydrogen-bond acceptors (Lipinski definition) is 3. The maximum atomic E-state index is 11.9. The summed E-state index contributed by atoms with van der Waals surface area (Å²) in [6.07, 6.45) is 1.75. The zero-order valence-corrected chi connectivity index (χ0v) is 10.3. The number of carbonyl (C=O) groups excluding carboxylic acids is 1. The summed E-state index contributed by atoms with van der Waals surface area (Å²) < 4.78 is 5.17. The fourth-order valence-electron chi connectivity index (χ4n) is 1.78. The summed E-state index contributed by atoms with van der Waals surface area (Å²) in [5, 5.41) is 10.2. The number of ether oxygens (including phenoxy) is 1. The molecule has 17 heavy (non-hydrogen) atoms. The average molecular weight is 234 g/mol. The topological polar surface area (TPSA) is 46.5 Å². The van der Waals surface area contributed by atoms with Crippen LogP contribution in [0.3, 0.4) is 0 Å². The number of carbonyl (C=O) groups is 1. The molecule has 1 fully saturated rings. The number of rotatable bonds is 4. The monoisotopic (exact) mass is 234 g/mol. The molecule has 2 rings (SSSR count). The predicted octanol–water partition coefficient (Wildman–Crippen LogP) is 2.28. The minimum absolute atomic E-state index is 0.214. The third-order valence-electron chi connectivity index (χ3n) is 3.79. The first-order valence-electron chi connectivity index (χ1n) is 5.89. The number of hydrogen-bond donors (Lipinski definition) is 1. The van der Waals surface area contributed by atoms with Crippen LogP contribution in [0.25, 0.3) is 0 Å².